The van der Waals surface area contributed by atoms with E-state index in [4.69, 9.17) is 5.11 Å². The van der Waals surface area contributed by atoms with E-state index in [0.29, 0.717) is 0 Å². The fraction of sp³-hybridized carbons (Fsp3) is 0.833. The van der Waals surface area contributed by atoms with Crippen molar-refractivity contribution in [3.05, 3.63) is 0 Å². The van der Waals surface area contributed by atoms with Crippen LogP contribution in [0, 0.1) is 0 Å². The van der Waals surface area contributed by atoms with Crippen LogP contribution in [0.2, 0.25) is 0 Å². The molecular weight excluding hydrogens is 118 g/mol. The molecule has 0 heterocycles. The first-order valence-corrected chi connectivity index (χ1v) is 2.92. The third-order valence-electron chi connectivity index (χ3n) is 0.969. The number of nitrogens with zero attached hydrogens (tertiary/aromatic N) is 1. The van der Waals surface area contributed by atoms with E-state index in [2.05, 4.69) is 0 Å². The fourth-order valence-electron chi connectivity index (χ4n) is 0.435. The maximum atomic E-state index is 10.7. The first-order valence-electron chi connectivity index (χ1n) is 2.92. The maximum absolute atomic E-state index is 10.7. The SMILES string of the molecule is C[C@H](O)CC(=O)N(C)C. The van der Waals surface area contributed by atoms with E-state index in [1.165, 1.54) is 4.90 Å². The summed E-state index contributed by atoms with van der Waals surface area (Å²) in [6.07, 6.45) is -0.313. The van der Waals surface area contributed by atoms with Crippen LogP contribution in [0.4, 0.5) is 0 Å². The lowest BCUT2D eigenvalue weighted by Gasteiger charge is -2.10. The van der Waals surface area contributed by atoms with Crippen molar-refractivity contribution >= 4 is 5.91 Å². The van der Waals surface area contributed by atoms with Crippen LogP contribution >= 0.6 is 0 Å². The molecule has 0 aromatic rings. The second-order valence-corrected chi connectivity index (χ2v) is 2.34. The van der Waals surface area contributed by atoms with Gasteiger partial charge in [-0.25, -0.2) is 0 Å². The lowest BCUT2D eigenvalue weighted by atomic mass is 10.3. The predicted molar refractivity (Wildman–Crippen MR) is 35.0 cm³/mol. The van der Waals surface area contributed by atoms with Gasteiger partial charge in [0.05, 0.1) is 12.5 Å². The Kier molecular flexibility index (Phi) is 3.24. The number of carbonyl (C=O) groups excluding carboxylic acids is 1. The van der Waals surface area contributed by atoms with Crippen LogP contribution in [-0.2, 0) is 4.79 Å². The minimum atomic E-state index is -0.528. The van der Waals surface area contributed by atoms with Gasteiger partial charge in [-0.3, -0.25) is 4.79 Å². The average Bonchev–Trinajstić information content (AvgIpc) is 1.63. The van der Waals surface area contributed by atoms with Crippen LogP contribution in [-0.4, -0.2) is 36.1 Å². The second-order valence-electron chi connectivity index (χ2n) is 2.34. The zero-order chi connectivity index (χ0) is 7.44. The van der Waals surface area contributed by atoms with Gasteiger partial charge in [0.15, 0.2) is 0 Å². The molecule has 0 bridgehead atoms. The van der Waals surface area contributed by atoms with Crippen molar-refractivity contribution in [3.63, 3.8) is 0 Å². The van der Waals surface area contributed by atoms with Crippen molar-refractivity contribution in [3.8, 4) is 0 Å². The molecule has 54 valence electrons. The Hall–Kier alpha value is -0.570. The fourth-order valence-corrected chi connectivity index (χ4v) is 0.435. The van der Waals surface area contributed by atoms with Crippen molar-refractivity contribution in [1.82, 2.24) is 4.90 Å². The number of rotatable bonds is 2. The Labute approximate surface area is 55.3 Å². The van der Waals surface area contributed by atoms with Gasteiger partial charge in [0.1, 0.15) is 0 Å². The van der Waals surface area contributed by atoms with Crippen molar-refractivity contribution < 1.29 is 9.90 Å². The topological polar surface area (TPSA) is 40.5 Å². The van der Waals surface area contributed by atoms with Crippen LogP contribution in [0.3, 0.4) is 0 Å². The molecule has 0 radical (unpaired) electrons. The largest absolute Gasteiger partial charge is 0.393 e. The summed E-state index contributed by atoms with van der Waals surface area (Å²) in [6.45, 7) is 1.60. The number of aliphatic hydroxyl groups is 1. The Balaban J connectivity index is 3.51. The summed E-state index contributed by atoms with van der Waals surface area (Å²) < 4.78 is 0. The molecule has 9 heavy (non-hydrogen) atoms. The van der Waals surface area contributed by atoms with Gasteiger partial charge in [0, 0.05) is 14.1 Å². The number of carbonyl (C=O) groups is 1. The average molecular weight is 131 g/mol. The van der Waals surface area contributed by atoms with Gasteiger partial charge in [-0.2, -0.15) is 0 Å². The molecule has 3 heteroatoms. The highest BCUT2D eigenvalue weighted by molar-refractivity contribution is 5.75. The third kappa shape index (κ3) is 3.97. The van der Waals surface area contributed by atoms with Gasteiger partial charge >= 0.3 is 0 Å². The molecule has 0 aromatic carbocycles. The normalized spacial score (nSPS) is 12.9. The van der Waals surface area contributed by atoms with Gasteiger partial charge < -0.3 is 10.0 Å². The standard InChI is InChI=1S/C6H13NO2/c1-5(8)4-6(9)7(2)3/h5,8H,4H2,1-3H3/t5-/m0/s1. The third-order valence-corrected chi connectivity index (χ3v) is 0.969. The summed E-state index contributed by atoms with van der Waals surface area (Å²) in [6, 6.07) is 0. The Morgan fingerprint density at radius 1 is 1.67 bits per heavy atom. The first kappa shape index (κ1) is 8.43. The molecule has 0 aliphatic heterocycles. The molecule has 1 amide bonds. The summed E-state index contributed by atoms with van der Waals surface area (Å²) in [5.74, 6) is -0.0370. The molecule has 3 nitrogen and oxygen atoms in total. The number of hydrogen-bond acceptors (Lipinski definition) is 2. The second kappa shape index (κ2) is 3.45. The van der Waals surface area contributed by atoms with Crippen molar-refractivity contribution in [2.75, 3.05) is 14.1 Å². The molecule has 0 aliphatic carbocycles. The lowest BCUT2D eigenvalue weighted by molar-refractivity contribution is -0.130. The van der Waals surface area contributed by atoms with E-state index in [-0.39, 0.29) is 12.3 Å². The minimum Gasteiger partial charge on any atom is -0.393 e. The van der Waals surface area contributed by atoms with Gasteiger partial charge in [0.2, 0.25) is 5.91 Å². The van der Waals surface area contributed by atoms with Crippen molar-refractivity contribution in [1.29, 1.82) is 0 Å². The maximum Gasteiger partial charge on any atom is 0.224 e. The van der Waals surface area contributed by atoms with Crippen molar-refractivity contribution in [2.45, 2.75) is 19.4 Å². The zero-order valence-electron chi connectivity index (χ0n) is 6.09. The Morgan fingerprint density at radius 2 is 2.11 bits per heavy atom. The van der Waals surface area contributed by atoms with Crippen molar-refractivity contribution in [2.24, 2.45) is 0 Å². The molecule has 1 N–H and O–H groups in total. The summed E-state index contributed by atoms with van der Waals surface area (Å²) in [5.41, 5.74) is 0. The minimum absolute atomic E-state index is 0.0370. The number of amides is 1. The van der Waals surface area contributed by atoms with Crippen LogP contribution in [0.1, 0.15) is 13.3 Å². The van der Waals surface area contributed by atoms with Gasteiger partial charge in [-0.05, 0) is 6.92 Å². The molecule has 0 fully saturated rings. The Bertz CT molecular complexity index is 99.2. The number of hydrogen-bond donors (Lipinski definition) is 1. The predicted octanol–water partition coefficient (Wildman–Crippen LogP) is -0.155. The Morgan fingerprint density at radius 3 is 2.22 bits per heavy atom. The van der Waals surface area contributed by atoms with E-state index in [1.807, 2.05) is 0 Å². The van der Waals surface area contributed by atoms with E-state index in [1.54, 1.807) is 21.0 Å². The molecule has 0 aromatic heterocycles. The molecule has 1 atom stereocenters. The smallest absolute Gasteiger partial charge is 0.224 e. The highest BCUT2D eigenvalue weighted by atomic mass is 16.3. The molecule has 0 unspecified atom stereocenters. The zero-order valence-corrected chi connectivity index (χ0v) is 6.09. The molecule has 0 spiro atoms. The highest BCUT2D eigenvalue weighted by Crippen LogP contribution is 1.92. The first-order chi connectivity index (χ1) is 4.04. The van der Waals surface area contributed by atoms with Crippen LogP contribution in [0.25, 0.3) is 0 Å². The van der Waals surface area contributed by atoms with Crippen LogP contribution in [0.15, 0.2) is 0 Å². The summed E-state index contributed by atoms with van der Waals surface area (Å²) >= 11 is 0. The van der Waals surface area contributed by atoms with Crippen LogP contribution < -0.4 is 0 Å². The van der Waals surface area contributed by atoms with Crippen LogP contribution in [0.5, 0.6) is 0 Å². The molecule has 0 saturated carbocycles. The highest BCUT2D eigenvalue weighted by Gasteiger charge is 2.06. The van der Waals surface area contributed by atoms with E-state index in [9.17, 15) is 4.79 Å². The number of aliphatic hydroxyl groups excluding tert-OH is 1. The van der Waals surface area contributed by atoms with E-state index >= 15 is 0 Å². The monoisotopic (exact) mass is 131 g/mol. The molecule has 0 saturated heterocycles. The van der Waals surface area contributed by atoms with Gasteiger partial charge in [0.25, 0.3) is 0 Å². The molecule has 0 aliphatic rings. The quantitative estimate of drug-likeness (QED) is 0.566. The summed E-state index contributed by atoms with van der Waals surface area (Å²) in [4.78, 5) is 12.2. The summed E-state index contributed by atoms with van der Waals surface area (Å²) in [5, 5.41) is 8.72. The van der Waals surface area contributed by atoms with Gasteiger partial charge in [-0.15, -0.1) is 0 Å². The van der Waals surface area contributed by atoms with E-state index < -0.39 is 6.10 Å². The molecule has 0 rings (SSSR count). The van der Waals surface area contributed by atoms with Gasteiger partial charge in [-0.1, -0.05) is 0 Å². The summed E-state index contributed by atoms with van der Waals surface area (Å²) in [7, 11) is 3.34. The van der Waals surface area contributed by atoms with E-state index in [0.717, 1.165) is 0 Å². The molecular formula is C6H13NO2. The lowest BCUT2D eigenvalue weighted by Crippen LogP contribution is -2.24.